The van der Waals surface area contributed by atoms with Crippen LogP contribution in [0.2, 0.25) is 0 Å². The molecule has 0 aliphatic carbocycles. The topological polar surface area (TPSA) is 67.2 Å². The normalized spacial score (nSPS) is 23.1. The average molecular weight is 372 g/mol. The highest BCUT2D eigenvalue weighted by Gasteiger charge is 2.59. The van der Waals surface area contributed by atoms with Gasteiger partial charge in [-0.15, -0.1) is 0 Å². The van der Waals surface area contributed by atoms with Crippen molar-refractivity contribution in [1.29, 1.82) is 0 Å². The summed E-state index contributed by atoms with van der Waals surface area (Å²) in [6.45, 7) is 0.505. The predicted molar refractivity (Wildman–Crippen MR) is 105 cm³/mol. The number of aromatic nitrogens is 2. The van der Waals surface area contributed by atoms with Crippen LogP contribution in [0.3, 0.4) is 0 Å². The monoisotopic (exact) mass is 372 g/mol. The molecule has 140 valence electrons. The molecule has 2 aromatic heterocycles. The molecule has 2 aliphatic heterocycles. The third-order valence-corrected chi connectivity index (χ3v) is 6.01. The first-order valence-electron chi connectivity index (χ1n) is 9.36. The molecule has 6 nitrogen and oxygen atoms in total. The van der Waals surface area contributed by atoms with Gasteiger partial charge in [0.1, 0.15) is 11.1 Å². The number of amides is 2. The highest BCUT2D eigenvalue weighted by atomic mass is 16.2. The van der Waals surface area contributed by atoms with E-state index in [1.807, 2.05) is 71.2 Å². The Kier molecular flexibility index (Phi) is 3.62. The molecule has 2 atom stereocenters. The van der Waals surface area contributed by atoms with E-state index >= 15 is 0 Å². The second-order valence-corrected chi connectivity index (χ2v) is 7.41. The maximum atomic E-state index is 13.4. The maximum absolute atomic E-state index is 13.4. The lowest BCUT2D eigenvalue weighted by molar-refractivity contribution is -0.121. The van der Waals surface area contributed by atoms with Gasteiger partial charge in [0.25, 0.3) is 5.91 Å². The van der Waals surface area contributed by atoms with Crippen LogP contribution in [0.15, 0.2) is 67.1 Å². The van der Waals surface area contributed by atoms with Crippen molar-refractivity contribution in [2.45, 2.75) is 17.9 Å². The van der Waals surface area contributed by atoms with Crippen molar-refractivity contribution in [1.82, 2.24) is 14.5 Å². The van der Waals surface area contributed by atoms with Crippen LogP contribution in [0.1, 0.15) is 34.1 Å². The van der Waals surface area contributed by atoms with Gasteiger partial charge >= 0.3 is 0 Å². The van der Waals surface area contributed by atoms with E-state index in [1.165, 1.54) is 0 Å². The number of aryl methyl sites for hydroxylation is 1. The first-order valence-corrected chi connectivity index (χ1v) is 9.36. The molecule has 2 unspecified atom stereocenters. The molecule has 6 heteroatoms. The van der Waals surface area contributed by atoms with Crippen molar-refractivity contribution in [3.63, 3.8) is 0 Å². The number of rotatable bonds is 2. The van der Waals surface area contributed by atoms with E-state index in [-0.39, 0.29) is 11.8 Å². The largest absolute Gasteiger partial charge is 0.347 e. The van der Waals surface area contributed by atoms with E-state index < -0.39 is 11.5 Å². The second-order valence-electron chi connectivity index (χ2n) is 7.41. The van der Waals surface area contributed by atoms with Crippen LogP contribution in [0.5, 0.6) is 0 Å². The van der Waals surface area contributed by atoms with Crippen molar-refractivity contribution in [3.8, 4) is 0 Å². The summed E-state index contributed by atoms with van der Waals surface area (Å²) in [7, 11) is 1.86. The van der Waals surface area contributed by atoms with Crippen molar-refractivity contribution in [3.05, 3.63) is 83.9 Å². The Labute approximate surface area is 162 Å². The van der Waals surface area contributed by atoms with Gasteiger partial charge in [0.2, 0.25) is 5.91 Å². The molecule has 1 fully saturated rings. The summed E-state index contributed by atoms with van der Waals surface area (Å²) in [4.78, 5) is 32.8. The molecule has 1 saturated heterocycles. The van der Waals surface area contributed by atoms with Gasteiger partial charge < -0.3 is 14.8 Å². The molecule has 2 aliphatic rings. The van der Waals surface area contributed by atoms with Crippen LogP contribution in [0, 0.1) is 0 Å². The first-order chi connectivity index (χ1) is 13.6. The molecular formula is C22H20N4O2. The lowest BCUT2D eigenvalue weighted by Gasteiger charge is -2.34. The van der Waals surface area contributed by atoms with Gasteiger partial charge in [-0.25, -0.2) is 0 Å². The highest BCUT2D eigenvalue weighted by Crippen LogP contribution is 2.54. The van der Waals surface area contributed by atoms with E-state index in [0.29, 0.717) is 18.7 Å². The number of pyridine rings is 1. The predicted octanol–water partition coefficient (Wildman–Crippen LogP) is 2.90. The number of nitrogens with zero attached hydrogens (tertiary/aromatic N) is 3. The highest BCUT2D eigenvalue weighted by molar-refractivity contribution is 6.08. The summed E-state index contributed by atoms with van der Waals surface area (Å²) in [6, 6.07) is 14.8. The van der Waals surface area contributed by atoms with Gasteiger partial charge in [-0.1, -0.05) is 24.3 Å². The van der Waals surface area contributed by atoms with Crippen LogP contribution in [-0.2, 0) is 17.3 Å². The van der Waals surface area contributed by atoms with Crippen molar-refractivity contribution < 1.29 is 9.59 Å². The lowest BCUT2D eigenvalue weighted by Crippen LogP contribution is -2.43. The number of para-hydroxylation sites is 1. The number of hydrogen-bond donors (Lipinski definition) is 1. The van der Waals surface area contributed by atoms with E-state index in [2.05, 4.69) is 10.3 Å². The van der Waals surface area contributed by atoms with Crippen LogP contribution in [0.25, 0.3) is 0 Å². The van der Waals surface area contributed by atoms with Gasteiger partial charge in [-0.05, 0) is 41.8 Å². The van der Waals surface area contributed by atoms with E-state index in [4.69, 9.17) is 0 Å². The Morgan fingerprint density at radius 1 is 1.18 bits per heavy atom. The fourth-order valence-corrected chi connectivity index (χ4v) is 4.74. The van der Waals surface area contributed by atoms with Crippen LogP contribution >= 0.6 is 0 Å². The smallest absolute Gasteiger partial charge is 0.271 e. The Morgan fingerprint density at radius 3 is 2.79 bits per heavy atom. The molecule has 28 heavy (non-hydrogen) atoms. The van der Waals surface area contributed by atoms with Crippen LogP contribution < -0.4 is 5.32 Å². The summed E-state index contributed by atoms with van der Waals surface area (Å²) in [5, 5.41) is 3.03. The van der Waals surface area contributed by atoms with Gasteiger partial charge in [0.05, 0.1) is 6.04 Å². The standard InChI is InChI=1S/C22H20N4O2/c1-25-12-5-9-18(25)20(27)26-13-10-22(19(26)15-6-4-11-23-14-15)16-7-2-3-8-17(16)24-21(22)28/h2-9,11-12,14,19H,10,13H2,1H3,(H,24,28). The lowest BCUT2D eigenvalue weighted by atomic mass is 9.73. The number of carbonyl (C=O) groups excluding carboxylic acids is 2. The average Bonchev–Trinajstić information content (AvgIpc) is 3.40. The summed E-state index contributed by atoms with van der Waals surface area (Å²) < 4.78 is 1.82. The fraction of sp³-hybridized carbons (Fsp3) is 0.227. The van der Waals surface area contributed by atoms with Crippen molar-refractivity contribution in [2.75, 3.05) is 11.9 Å². The van der Waals surface area contributed by atoms with Crippen LogP contribution in [-0.4, -0.2) is 32.8 Å². The number of anilines is 1. The molecule has 0 radical (unpaired) electrons. The number of carbonyl (C=O) groups is 2. The Hall–Kier alpha value is -3.41. The SMILES string of the molecule is Cn1cccc1C(=O)N1CCC2(C(=O)Nc3ccccc32)C1c1cccnc1. The Bertz CT molecular complexity index is 1070. The van der Waals surface area contributed by atoms with Crippen molar-refractivity contribution >= 4 is 17.5 Å². The third-order valence-electron chi connectivity index (χ3n) is 6.01. The zero-order valence-corrected chi connectivity index (χ0v) is 15.5. The number of fused-ring (bicyclic) bond motifs is 2. The summed E-state index contributed by atoms with van der Waals surface area (Å²) in [6.07, 6.45) is 5.90. The zero-order chi connectivity index (χ0) is 19.3. The summed E-state index contributed by atoms with van der Waals surface area (Å²) in [5.41, 5.74) is 2.46. The van der Waals surface area contributed by atoms with Gasteiger partial charge in [0, 0.05) is 37.9 Å². The minimum atomic E-state index is -0.805. The number of nitrogens with one attached hydrogen (secondary N) is 1. The van der Waals surface area contributed by atoms with E-state index in [1.54, 1.807) is 12.4 Å². The van der Waals surface area contributed by atoms with E-state index in [9.17, 15) is 9.59 Å². The fourth-order valence-electron chi connectivity index (χ4n) is 4.74. The molecule has 1 spiro atoms. The van der Waals surface area contributed by atoms with Crippen LogP contribution in [0.4, 0.5) is 5.69 Å². The summed E-state index contributed by atoms with van der Waals surface area (Å²) >= 11 is 0. The van der Waals surface area contributed by atoms with Gasteiger partial charge in [-0.2, -0.15) is 0 Å². The molecule has 1 N–H and O–H groups in total. The Balaban J connectivity index is 1.69. The molecule has 0 bridgehead atoms. The Morgan fingerprint density at radius 2 is 2.04 bits per heavy atom. The van der Waals surface area contributed by atoms with E-state index in [0.717, 1.165) is 16.8 Å². The molecular weight excluding hydrogens is 352 g/mol. The zero-order valence-electron chi connectivity index (χ0n) is 15.5. The second kappa shape index (κ2) is 6.05. The number of benzene rings is 1. The molecule has 5 rings (SSSR count). The molecule has 4 heterocycles. The first kappa shape index (κ1) is 16.7. The number of hydrogen-bond acceptors (Lipinski definition) is 3. The minimum absolute atomic E-state index is 0.0512. The molecule has 0 saturated carbocycles. The maximum Gasteiger partial charge on any atom is 0.271 e. The number of likely N-dealkylation sites (tertiary alicyclic amines) is 1. The third kappa shape index (κ3) is 2.17. The van der Waals surface area contributed by atoms with Crippen molar-refractivity contribution in [2.24, 2.45) is 7.05 Å². The summed E-state index contributed by atoms with van der Waals surface area (Å²) in [5.74, 6) is -0.125. The molecule has 1 aromatic carbocycles. The minimum Gasteiger partial charge on any atom is -0.347 e. The van der Waals surface area contributed by atoms with Gasteiger partial charge in [0.15, 0.2) is 0 Å². The van der Waals surface area contributed by atoms with Gasteiger partial charge in [-0.3, -0.25) is 14.6 Å². The molecule has 3 aromatic rings. The molecule has 2 amide bonds. The quantitative estimate of drug-likeness (QED) is 0.752.